The van der Waals surface area contributed by atoms with Crippen molar-refractivity contribution in [2.75, 3.05) is 5.73 Å². The Labute approximate surface area is 117 Å². The highest BCUT2D eigenvalue weighted by Crippen LogP contribution is 2.21. The Hall–Kier alpha value is -1.40. The predicted octanol–water partition coefficient (Wildman–Crippen LogP) is 2.98. The molecule has 18 heavy (non-hydrogen) atoms. The van der Waals surface area contributed by atoms with E-state index in [0.717, 1.165) is 9.48 Å². The van der Waals surface area contributed by atoms with Gasteiger partial charge in [-0.05, 0) is 41.1 Å². The molecule has 0 saturated heterocycles. The molecule has 1 atom stereocenters. The number of halogens is 1. The van der Waals surface area contributed by atoms with E-state index in [4.69, 9.17) is 5.73 Å². The molecule has 0 aliphatic carbocycles. The molecular weight excluding hydrogens is 314 g/mol. The van der Waals surface area contributed by atoms with E-state index in [1.54, 1.807) is 24.4 Å². The Bertz CT molecular complexity index is 556. The number of amides is 1. The van der Waals surface area contributed by atoms with Crippen LogP contribution in [0, 0.1) is 0 Å². The fourth-order valence-electron chi connectivity index (χ4n) is 1.48. The largest absolute Gasteiger partial charge is 0.398 e. The van der Waals surface area contributed by atoms with Crippen molar-refractivity contribution in [2.45, 2.75) is 13.0 Å². The lowest BCUT2D eigenvalue weighted by atomic mass is 10.2. The van der Waals surface area contributed by atoms with Gasteiger partial charge < -0.3 is 11.1 Å². The zero-order chi connectivity index (χ0) is 13.1. The smallest absolute Gasteiger partial charge is 0.251 e. The Balaban J connectivity index is 2.10. The number of nitrogens with zero attached hydrogens (tertiary/aromatic N) is 1. The second kappa shape index (κ2) is 5.49. The van der Waals surface area contributed by atoms with Gasteiger partial charge in [-0.15, -0.1) is 11.3 Å². The molecule has 1 aromatic carbocycles. The number of nitrogen functional groups attached to an aromatic ring is 1. The van der Waals surface area contributed by atoms with Crippen LogP contribution >= 0.6 is 27.3 Å². The second-order valence-electron chi connectivity index (χ2n) is 3.80. The minimum atomic E-state index is -0.156. The molecule has 0 aliphatic rings. The molecule has 94 valence electrons. The van der Waals surface area contributed by atoms with Gasteiger partial charge in [-0.25, -0.2) is 4.98 Å². The van der Waals surface area contributed by atoms with E-state index >= 15 is 0 Å². The quantitative estimate of drug-likeness (QED) is 0.852. The first-order valence-electron chi connectivity index (χ1n) is 5.33. The summed E-state index contributed by atoms with van der Waals surface area (Å²) in [6.45, 7) is 1.90. The summed E-state index contributed by atoms with van der Waals surface area (Å²) in [5.74, 6) is -0.156. The number of rotatable bonds is 3. The predicted molar refractivity (Wildman–Crippen MR) is 76.5 cm³/mol. The van der Waals surface area contributed by atoms with Crippen LogP contribution in [0.1, 0.15) is 28.3 Å². The van der Waals surface area contributed by atoms with Gasteiger partial charge in [0.2, 0.25) is 0 Å². The van der Waals surface area contributed by atoms with Crippen molar-refractivity contribution in [3.05, 3.63) is 44.8 Å². The van der Waals surface area contributed by atoms with Crippen molar-refractivity contribution < 1.29 is 4.79 Å². The Kier molecular flexibility index (Phi) is 3.98. The molecule has 1 amide bonds. The number of aromatic nitrogens is 1. The van der Waals surface area contributed by atoms with Crippen molar-refractivity contribution in [3.63, 3.8) is 0 Å². The van der Waals surface area contributed by atoms with Gasteiger partial charge in [0, 0.05) is 27.3 Å². The standard InChI is InChI=1S/C12H12BrN3OS/c1-7(12-15-4-5-18-12)16-11(17)8-2-3-9(13)10(14)6-8/h2-7H,14H2,1H3,(H,16,17). The maximum absolute atomic E-state index is 12.0. The summed E-state index contributed by atoms with van der Waals surface area (Å²) in [7, 11) is 0. The van der Waals surface area contributed by atoms with Crippen LogP contribution in [-0.2, 0) is 0 Å². The van der Waals surface area contributed by atoms with Crippen LogP contribution < -0.4 is 11.1 Å². The fraction of sp³-hybridized carbons (Fsp3) is 0.167. The summed E-state index contributed by atoms with van der Waals surface area (Å²) >= 11 is 4.81. The summed E-state index contributed by atoms with van der Waals surface area (Å²) in [6, 6.07) is 5.03. The molecule has 3 N–H and O–H groups in total. The second-order valence-corrected chi connectivity index (χ2v) is 5.58. The monoisotopic (exact) mass is 325 g/mol. The first-order valence-corrected chi connectivity index (χ1v) is 7.00. The number of carbonyl (C=O) groups excluding carboxylic acids is 1. The lowest BCUT2D eigenvalue weighted by Gasteiger charge is -2.11. The van der Waals surface area contributed by atoms with Gasteiger partial charge in [0.25, 0.3) is 5.91 Å². The number of anilines is 1. The van der Waals surface area contributed by atoms with Crippen LogP contribution in [0.3, 0.4) is 0 Å². The number of nitrogens with one attached hydrogen (secondary N) is 1. The molecule has 0 spiro atoms. The molecule has 1 unspecified atom stereocenters. The van der Waals surface area contributed by atoms with Crippen LogP contribution in [0.5, 0.6) is 0 Å². The number of hydrogen-bond acceptors (Lipinski definition) is 4. The van der Waals surface area contributed by atoms with Crippen molar-refractivity contribution in [1.82, 2.24) is 10.3 Å². The number of carbonyl (C=O) groups is 1. The van der Waals surface area contributed by atoms with Crippen LogP contribution in [0.25, 0.3) is 0 Å². The Morgan fingerprint density at radius 2 is 2.33 bits per heavy atom. The lowest BCUT2D eigenvalue weighted by molar-refractivity contribution is 0.0940. The maximum atomic E-state index is 12.0. The molecule has 2 aromatic rings. The highest BCUT2D eigenvalue weighted by atomic mass is 79.9. The summed E-state index contributed by atoms with van der Waals surface area (Å²) < 4.78 is 0.784. The van der Waals surface area contributed by atoms with Gasteiger partial charge in [0.15, 0.2) is 0 Å². The summed E-state index contributed by atoms with van der Waals surface area (Å²) in [6.07, 6.45) is 1.72. The van der Waals surface area contributed by atoms with Crippen molar-refractivity contribution in [3.8, 4) is 0 Å². The summed E-state index contributed by atoms with van der Waals surface area (Å²) in [5, 5.41) is 5.65. The number of benzene rings is 1. The first-order chi connectivity index (χ1) is 8.58. The van der Waals surface area contributed by atoms with Gasteiger partial charge in [-0.3, -0.25) is 4.79 Å². The summed E-state index contributed by atoms with van der Waals surface area (Å²) in [5.41, 5.74) is 6.83. The zero-order valence-corrected chi connectivity index (χ0v) is 12.1. The number of nitrogens with two attached hydrogens (primary N) is 1. The fourth-order valence-corrected chi connectivity index (χ4v) is 2.37. The van der Waals surface area contributed by atoms with Crippen molar-refractivity contribution >= 4 is 38.9 Å². The average molecular weight is 326 g/mol. The molecule has 1 heterocycles. The van der Waals surface area contributed by atoms with Gasteiger partial charge >= 0.3 is 0 Å². The van der Waals surface area contributed by atoms with E-state index in [1.165, 1.54) is 11.3 Å². The molecule has 4 nitrogen and oxygen atoms in total. The highest BCUT2D eigenvalue weighted by Gasteiger charge is 2.13. The summed E-state index contributed by atoms with van der Waals surface area (Å²) in [4.78, 5) is 16.2. The van der Waals surface area contributed by atoms with Crippen LogP contribution in [0.15, 0.2) is 34.2 Å². The van der Waals surface area contributed by atoms with Gasteiger partial charge in [0.1, 0.15) is 5.01 Å². The van der Waals surface area contributed by atoms with E-state index in [9.17, 15) is 4.79 Å². The van der Waals surface area contributed by atoms with E-state index in [0.29, 0.717) is 11.3 Å². The number of thiazole rings is 1. The normalized spacial score (nSPS) is 12.1. The average Bonchev–Trinajstić information content (AvgIpc) is 2.86. The minimum Gasteiger partial charge on any atom is -0.398 e. The van der Waals surface area contributed by atoms with Gasteiger partial charge in [0.05, 0.1) is 6.04 Å². The molecule has 1 aromatic heterocycles. The van der Waals surface area contributed by atoms with Gasteiger partial charge in [-0.1, -0.05) is 0 Å². The highest BCUT2D eigenvalue weighted by molar-refractivity contribution is 9.10. The van der Waals surface area contributed by atoms with Crippen LogP contribution in [0.2, 0.25) is 0 Å². The molecule has 2 rings (SSSR count). The van der Waals surface area contributed by atoms with E-state index < -0.39 is 0 Å². The van der Waals surface area contributed by atoms with E-state index in [2.05, 4.69) is 26.2 Å². The van der Waals surface area contributed by atoms with Crippen molar-refractivity contribution in [1.29, 1.82) is 0 Å². The SMILES string of the molecule is CC(NC(=O)c1ccc(Br)c(N)c1)c1nccs1. The molecular formula is C12H12BrN3OS. The zero-order valence-electron chi connectivity index (χ0n) is 9.68. The Morgan fingerprint density at radius 1 is 1.56 bits per heavy atom. The van der Waals surface area contributed by atoms with Crippen LogP contribution in [0.4, 0.5) is 5.69 Å². The molecule has 0 bridgehead atoms. The van der Waals surface area contributed by atoms with E-state index in [-0.39, 0.29) is 11.9 Å². The molecule has 0 fully saturated rings. The third-order valence-electron chi connectivity index (χ3n) is 2.43. The minimum absolute atomic E-state index is 0.109. The third kappa shape index (κ3) is 2.88. The third-order valence-corrected chi connectivity index (χ3v) is 4.11. The number of hydrogen-bond donors (Lipinski definition) is 2. The van der Waals surface area contributed by atoms with E-state index in [1.807, 2.05) is 12.3 Å². The first kappa shape index (κ1) is 13.0. The Morgan fingerprint density at radius 3 is 2.94 bits per heavy atom. The van der Waals surface area contributed by atoms with Crippen LogP contribution in [-0.4, -0.2) is 10.9 Å². The molecule has 0 saturated carbocycles. The molecule has 6 heteroatoms. The topological polar surface area (TPSA) is 68.0 Å². The molecule has 0 radical (unpaired) electrons. The van der Waals surface area contributed by atoms with Gasteiger partial charge in [-0.2, -0.15) is 0 Å². The lowest BCUT2D eigenvalue weighted by Crippen LogP contribution is -2.26. The molecule has 0 aliphatic heterocycles. The maximum Gasteiger partial charge on any atom is 0.251 e. The van der Waals surface area contributed by atoms with Crippen molar-refractivity contribution in [2.24, 2.45) is 0 Å².